The Kier molecular flexibility index (Phi) is 3.38. The minimum absolute atomic E-state index is 0.307. The predicted molar refractivity (Wildman–Crippen MR) is 86.9 cm³/mol. The van der Waals surface area contributed by atoms with Crippen LogP contribution in [0.4, 0.5) is 0 Å². The molecule has 0 N–H and O–H groups in total. The lowest BCUT2D eigenvalue weighted by atomic mass is 9.89. The second kappa shape index (κ2) is 4.97. The molecule has 1 aromatic heterocycles. The summed E-state index contributed by atoms with van der Waals surface area (Å²) in [6, 6.07) is 10.3. The molecule has 0 amide bonds. The van der Waals surface area contributed by atoms with E-state index >= 15 is 0 Å². The van der Waals surface area contributed by atoms with Crippen LogP contribution in [-0.4, -0.2) is 23.3 Å². The maximum Gasteiger partial charge on any atom is 0.487 e. The molecule has 2 heterocycles. The summed E-state index contributed by atoms with van der Waals surface area (Å²) in [6.07, 6.45) is 3.84. The molecule has 1 saturated heterocycles. The molecule has 0 bridgehead atoms. The molecule has 4 heteroatoms. The maximum absolute atomic E-state index is 5.94. The van der Waals surface area contributed by atoms with E-state index < -0.39 is 0 Å². The summed E-state index contributed by atoms with van der Waals surface area (Å²) in [5.74, 6) is 1.92. The van der Waals surface area contributed by atoms with Gasteiger partial charge in [0.15, 0.2) is 0 Å². The highest BCUT2D eigenvalue weighted by molar-refractivity contribution is 6.52. The average Bonchev–Trinajstić information content (AvgIpc) is 2.64. The maximum atomic E-state index is 5.94. The van der Waals surface area contributed by atoms with Crippen LogP contribution in [0.2, 0.25) is 0 Å². The molecule has 3 rings (SSSR count). The van der Waals surface area contributed by atoms with Gasteiger partial charge < -0.3 is 9.31 Å². The molecule has 1 fully saturated rings. The third-order valence-corrected chi connectivity index (χ3v) is 4.35. The van der Waals surface area contributed by atoms with Crippen molar-refractivity contribution < 1.29 is 9.31 Å². The second-order valence-electron chi connectivity index (χ2n) is 6.44. The standard InChI is InChI=1S/C17H20BNO2/c1-16(2)17(3,4)21-18(20-16)10-9-15-11-13-7-5-6-8-14(13)12-19-15/h5-12H,1-4H3/b10-9+. The number of hydrogen-bond acceptors (Lipinski definition) is 3. The van der Waals surface area contributed by atoms with Gasteiger partial charge in [0, 0.05) is 11.6 Å². The van der Waals surface area contributed by atoms with E-state index in [-0.39, 0.29) is 18.3 Å². The summed E-state index contributed by atoms with van der Waals surface area (Å²) >= 11 is 0. The van der Waals surface area contributed by atoms with Crippen LogP contribution >= 0.6 is 0 Å². The molecule has 108 valence electrons. The number of nitrogens with zero attached hydrogens (tertiary/aromatic N) is 1. The SMILES string of the molecule is CC1(C)OB(/C=C/c2cc3ccccc3cn2)OC1(C)C. The largest absolute Gasteiger partial charge is 0.487 e. The zero-order chi connectivity index (χ0) is 15.1. The molecule has 0 unspecified atom stereocenters. The van der Waals surface area contributed by atoms with E-state index in [1.54, 1.807) is 0 Å². The van der Waals surface area contributed by atoms with Gasteiger partial charge in [-0.15, -0.1) is 0 Å². The molecular formula is C17H20BNO2. The monoisotopic (exact) mass is 281 g/mol. The van der Waals surface area contributed by atoms with Crippen molar-refractivity contribution in [2.45, 2.75) is 38.9 Å². The van der Waals surface area contributed by atoms with Crippen molar-refractivity contribution in [1.82, 2.24) is 4.98 Å². The Morgan fingerprint density at radius 3 is 2.29 bits per heavy atom. The van der Waals surface area contributed by atoms with Crippen molar-refractivity contribution in [1.29, 1.82) is 0 Å². The lowest BCUT2D eigenvalue weighted by Crippen LogP contribution is -2.41. The summed E-state index contributed by atoms with van der Waals surface area (Å²) in [5.41, 5.74) is 0.292. The van der Waals surface area contributed by atoms with Crippen LogP contribution in [0.1, 0.15) is 33.4 Å². The highest BCUT2D eigenvalue weighted by Crippen LogP contribution is 2.37. The molecular weight excluding hydrogens is 261 g/mol. The highest BCUT2D eigenvalue weighted by atomic mass is 16.7. The number of benzene rings is 1. The highest BCUT2D eigenvalue weighted by Gasteiger charge is 2.49. The number of aromatic nitrogens is 1. The van der Waals surface area contributed by atoms with Crippen LogP contribution in [0, 0.1) is 0 Å². The zero-order valence-corrected chi connectivity index (χ0v) is 13.0. The van der Waals surface area contributed by atoms with E-state index in [0.29, 0.717) is 0 Å². The van der Waals surface area contributed by atoms with Gasteiger partial charge in [-0.2, -0.15) is 0 Å². The van der Waals surface area contributed by atoms with E-state index in [2.05, 4.69) is 50.9 Å². The van der Waals surface area contributed by atoms with E-state index in [0.717, 1.165) is 11.1 Å². The third-order valence-electron chi connectivity index (χ3n) is 4.35. The molecule has 21 heavy (non-hydrogen) atoms. The normalized spacial score (nSPS) is 20.5. The summed E-state index contributed by atoms with van der Waals surface area (Å²) in [6.45, 7) is 8.20. The first-order chi connectivity index (χ1) is 9.87. The summed E-state index contributed by atoms with van der Waals surface area (Å²) < 4.78 is 11.9. The van der Waals surface area contributed by atoms with Gasteiger partial charge >= 0.3 is 7.12 Å². The Labute approximate surface area is 126 Å². The quantitative estimate of drug-likeness (QED) is 0.783. The Morgan fingerprint density at radius 2 is 1.62 bits per heavy atom. The van der Waals surface area contributed by atoms with Gasteiger partial charge in [0.05, 0.1) is 16.9 Å². The summed E-state index contributed by atoms with van der Waals surface area (Å²) in [5, 5.41) is 2.33. The number of fused-ring (bicyclic) bond motifs is 1. The minimum Gasteiger partial charge on any atom is -0.400 e. The van der Waals surface area contributed by atoms with Crippen molar-refractivity contribution in [3.05, 3.63) is 48.2 Å². The molecule has 0 radical (unpaired) electrons. The van der Waals surface area contributed by atoms with Crippen LogP contribution in [0.15, 0.2) is 42.5 Å². The topological polar surface area (TPSA) is 31.4 Å². The Bertz CT molecular complexity index is 678. The van der Waals surface area contributed by atoms with Gasteiger partial charge in [-0.25, -0.2) is 0 Å². The van der Waals surface area contributed by atoms with Crippen molar-refractivity contribution in [3.63, 3.8) is 0 Å². The van der Waals surface area contributed by atoms with Gasteiger partial charge in [0.1, 0.15) is 0 Å². The van der Waals surface area contributed by atoms with E-state index in [9.17, 15) is 0 Å². The second-order valence-corrected chi connectivity index (χ2v) is 6.44. The first-order valence-corrected chi connectivity index (χ1v) is 7.26. The molecule has 0 spiro atoms. The molecule has 3 nitrogen and oxygen atoms in total. The van der Waals surface area contributed by atoms with Crippen LogP contribution in [0.3, 0.4) is 0 Å². The zero-order valence-electron chi connectivity index (χ0n) is 13.0. The van der Waals surface area contributed by atoms with Crippen LogP contribution < -0.4 is 0 Å². The first-order valence-electron chi connectivity index (χ1n) is 7.26. The lowest BCUT2D eigenvalue weighted by Gasteiger charge is -2.32. The number of pyridine rings is 1. The molecule has 1 aromatic carbocycles. The average molecular weight is 281 g/mol. The smallest absolute Gasteiger partial charge is 0.400 e. The van der Waals surface area contributed by atoms with Crippen LogP contribution in [-0.2, 0) is 9.31 Å². The fraction of sp³-hybridized carbons (Fsp3) is 0.353. The molecule has 0 atom stereocenters. The van der Waals surface area contributed by atoms with E-state index in [1.165, 1.54) is 5.39 Å². The molecule has 0 saturated carbocycles. The molecule has 1 aliphatic rings. The van der Waals surface area contributed by atoms with Crippen molar-refractivity contribution >= 4 is 24.0 Å². The Hall–Kier alpha value is -1.65. The molecule has 1 aliphatic heterocycles. The summed E-state index contributed by atoms with van der Waals surface area (Å²) in [7, 11) is -0.330. The third kappa shape index (κ3) is 2.74. The van der Waals surface area contributed by atoms with Crippen LogP contribution in [0.5, 0.6) is 0 Å². The Morgan fingerprint density at radius 1 is 1.00 bits per heavy atom. The van der Waals surface area contributed by atoms with E-state index in [1.807, 2.05) is 30.4 Å². The van der Waals surface area contributed by atoms with Gasteiger partial charge in [0.25, 0.3) is 0 Å². The number of hydrogen-bond donors (Lipinski definition) is 0. The lowest BCUT2D eigenvalue weighted by molar-refractivity contribution is 0.00578. The molecule has 0 aliphatic carbocycles. The molecule has 2 aromatic rings. The van der Waals surface area contributed by atoms with Crippen molar-refractivity contribution in [3.8, 4) is 0 Å². The van der Waals surface area contributed by atoms with Crippen molar-refractivity contribution in [2.75, 3.05) is 0 Å². The summed E-state index contributed by atoms with van der Waals surface area (Å²) in [4.78, 5) is 4.44. The van der Waals surface area contributed by atoms with Gasteiger partial charge in [-0.1, -0.05) is 30.2 Å². The van der Waals surface area contributed by atoms with Gasteiger partial charge in [-0.3, -0.25) is 4.98 Å². The van der Waals surface area contributed by atoms with Gasteiger partial charge in [-0.05, 0) is 45.2 Å². The first kappa shape index (κ1) is 14.3. The van der Waals surface area contributed by atoms with Crippen LogP contribution in [0.25, 0.3) is 16.8 Å². The minimum atomic E-state index is -0.330. The van der Waals surface area contributed by atoms with Gasteiger partial charge in [0.2, 0.25) is 0 Å². The van der Waals surface area contributed by atoms with Crippen molar-refractivity contribution in [2.24, 2.45) is 0 Å². The Balaban J connectivity index is 1.79. The fourth-order valence-corrected chi connectivity index (χ4v) is 2.34. The predicted octanol–water partition coefficient (Wildman–Crippen LogP) is 3.88. The number of rotatable bonds is 2. The van der Waals surface area contributed by atoms with E-state index in [4.69, 9.17) is 9.31 Å². The fourth-order valence-electron chi connectivity index (χ4n) is 2.34.